The number of rotatable bonds is 5. The normalized spacial score (nSPS) is 17.1. The molecule has 0 aliphatic carbocycles. The highest BCUT2D eigenvalue weighted by atomic mass is 35.5. The van der Waals surface area contributed by atoms with Gasteiger partial charge in [0.05, 0.1) is 41.4 Å². The molecule has 220 valence electrons. The Kier molecular flexibility index (Phi) is 9.60. The molecule has 11 nitrogen and oxygen atoms in total. The van der Waals surface area contributed by atoms with Crippen LogP contribution in [-0.2, 0) is 14.3 Å². The summed E-state index contributed by atoms with van der Waals surface area (Å²) in [5, 5.41) is 9.24. The van der Waals surface area contributed by atoms with Crippen LogP contribution in [0.15, 0.2) is 66.6 Å². The first kappa shape index (κ1) is 30.3. The van der Waals surface area contributed by atoms with Crippen molar-refractivity contribution in [3.63, 3.8) is 0 Å². The number of nitrogens with one attached hydrogen (secondary N) is 3. The second kappa shape index (κ2) is 13.3. The van der Waals surface area contributed by atoms with Gasteiger partial charge in [-0.25, -0.2) is 15.0 Å². The quantitative estimate of drug-likeness (QED) is 0.159. The molecule has 4 rings (SSSR count). The number of nitrogens with two attached hydrogens (primary N) is 2. The lowest BCUT2D eigenvalue weighted by Crippen LogP contribution is -2.35. The summed E-state index contributed by atoms with van der Waals surface area (Å²) in [6.07, 6.45) is 3.72. The maximum atomic E-state index is 14.4. The number of hydrogen-bond donors (Lipinski definition) is 5. The average molecular weight is 596 g/mol. The van der Waals surface area contributed by atoms with Crippen LogP contribution in [-0.4, -0.2) is 30.0 Å². The van der Waals surface area contributed by atoms with Crippen LogP contribution >= 0.6 is 11.6 Å². The molecule has 0 saturated heterocycles. The lowest BCUT2D eigenvalue weighted by molar-refractivity contribution is -0.120. The summed E-state index contributed by atoms with van der Waals surface area (Å²) >= 11 is 5.84. The van der Waals surface area contributed by atoms with E-state index in [4.69, 9.17) is 23.2 Å². The number of fused-ring (bicyclic) bond motifs is 4. The van der Waals surface area contributed by atoms with Gasteiger partial charge in [-0.2, -0.15) is 0 Å². The van der Waals surface area contributed by atoms with Crippen LogP contribution in [0.1, 0.15) is 37.8 Å². The Labute approximate surface area is 247 Å². The summed E-state index contributed by atoms with van der Waals surface area (Å²) in [6, 6.07) is 12.4. The van der Waals surface area contributed by atoms with E-state index in [9.17, 15) is 18.8 Å². The van der Waals surface area contributed by atoms with Gasteiger partial charge in [-0.1, -0.05) is 31.0 Å². The van der Waals surface area contributed by atoms with Gasteiger partial charge in [0.15, 0.2) is 5.82 Å². The minimum atomic E-state index is -0.749. The first-order valence-electron chi connectivity index (χ1n) is 13.1. The van der Waals surface area contributed by atoms with Crippen molar-refractivity contribution in [2.45, 2.75) is 32.2 Å². The van der Waals surface area contributed by atoms with Gasteiger partial charge in [0.1, 0.15) is 5.70 Å². The molecule has 0 saturated carbocycles. The molecule has 42 heavy (non-hydrogen) atoms. The largest absolute Gasteiger partial charge is 0.453 e. The number of nitrogens with zero attached hydrogens (tertiary/aromatic N) is 2. The van der Waals surface area contributed by atoms with E-state index in [2.05, 4.69) is 25.7 Å². The molecule has 1 aliphatic heterocycles. The van der Waals surface area contributed by atoms with Crippen molar-refractivity contribution < 1.29 is 23.5 Å². The van der Waals surface area contributed by atoms with Crippen molar-refractivity contribution in [3.8, 4) is 11.3 Å². The number of ether oxygens (including phenoxy) is 1. The number of amides is 3. The van der Waals surface area contributed by atoms with Crippen LogP contribution in [0.4, 0.5) is 26.2 Å². The molecule has 2 unspecified atom stereocenters. The third-order valence-electron chi connectivity index (χ3n) is 6.80. The van der Waals surface area contributed by atoms with Crippen LogP contribution in [0.25, 0.3) is 11.3 Å². The molecule has 1 aliphatic rings. The lowest BCUT2D eigenvalue weighted by Gasteiger charge is -2.23. The molecule has 1 aromatic heterocycles. The Morgan fingerprint density at radius 3 is 2.76 bits per heavy atom. The van der Waals surface area contributed by atoms with Crippen molar-refractivity contribution in [3.05, 3.63) is 83.0 Å². The minimum Gasteiger partial charge on any atom is -0.453 e. The van der Waals surface area contributed by atoms with E-state index < -0.39 is 23.9 Å². The van der Waals surface area contributed by atoms with Crippen LogP contribution in [0.3, 0.4) is 0 Å². The zero-order chi connectivity index (χ0) is 30.4. The van der Waals surface area contributed by atoms with Gasteiger partial charge in [-0.3, -0.25) is 24.9 Å². The number of carbonyl (C=O) groups excluding carboxylic acids is 3. The van der Waals surface area contributed by atoms with Gasteiger partial charge in [-0.15, -0.1) is 0 Å². The van der Waals surface area contributed by atoms with E-state index in [0.29, 0.717) is 41.9 Å². The van der Waals surface area contributed by atoms with Crippen molar-refractivity contribution in [1.29, 1.82) is 0 Å². The number of aromatic nitrogens is 1. The van der Waals surface area contributed by atoms with Crippen LogP contribution in [0, 0.1) is 11.7 Å². The Balaban J connectivity index is 1.65. The summed E-state index contributed by atoms with van der Waals surface area (Å²) in [4.78, 5) is 42.4. The lowest BCUT2D eigenvalue weighted by atomic mass is 9.94. The molecule has 7 N–H and O–H groups in total. The van der Waals surface area contributed by atoms with E-state index >= 15 is 0 Å². The van der Waals surface area contributed by atoms with Gasteiger partial charge in [0, 0.05) is 23.4 Å². The monoisotopic (exact) mass is 595 g/mol. The van der Waals surface area contributed by atoms with E-state index in [1.807, 2.05) is 13.0 Å². The zero-order valence-electron chi connectivity index (χ0n) is 23.0. The van der Waals surface area contributed by atoms with E-state index in [1.165, 1.54) is 25.3 Å². The molecule has 0 fully saturated rings. The number of hydrogen-bond acceptors (Lipinski definition) is 8. The molecule has 3 aromatic rings. The van der Waals surface area contributed by atoms with E-state index in [0.717, 1.165) is 16.8 Å². The minimum absolute atomic E-state index is 0.0566. The van der Waals surface area contributed by atoms with Crippen molar-refractivity contribution in [2.75, 3.05) is 22.8 Å². The fourth-order valence-electron chi connectivity index (χ4n) is 4.48. The number of benzene rings is 2. The highest BCUT2D eigenvalue weighted by molar-refractivity contribution is 6.31. The molecule has 2 aromatic carbocycles. The Morgan fingerprint density at radius 1 is 1.21 bits per heavy atom. The smallest absolute Gasteiger partial charge is 0.411 e. The fraction of sp³-hybridized carbons (Fsp3) is 0.241. The fourth-order valence-corrected chi connectivity index (χ4v) is 4.65. The van der Waals surface area contributed by atoms with Crippen LogP contribution in [0.2, 0.25) is 5.02 Å². The predicted octanol–water partition coefficient (Wildman–Crippen LogP) is 4.82. The first-order chi connectivity index (χ1) is 20.1. The number of hydrazine groups is 1. The van der Waals surface area contributed by atoms with Crippen molar-refractivity contribution in [2.24, 2.45) is 17.5 Å². The predicted molar refractivity (Wildman–Crippen MR) is 159 cm³/mol. The van der Waals surface area contributed by atoms with E-state index in [-0.39, 0.29) is 28.2 Å². The summed E-state index contributed by atoms with van der Waals surface area (Å²) < 4.78 is 19.1. The number of halogens is 2. The second-order valence-electron chi connectivity index (χ2n) is 9.76. The summed E-state index contributed by atoms with van der Waals surface area (Å²) in [5.74, 6) is 4.03. The van der Waals surface area contributed by atoms with E-state index in [1.54, 1.807) is 30.5 Å². The molecular formula is C29H31ClFN7O4. The summed E-state index contributed by atoms with van der Waals surface area (Å²) in [5.41, 5.74) is 8.52. The number of carbonyl (C=O) groups is 3. The average Bonchev–Trinajstić information content (AvgIpc) is 2.97. The topological polar surface area (TPSA) is 165 Å². The zero-order valence-corrected chi connectivity index (χ0v) is 23.7. The van der Waals surface area contributed by atoms with Crippen molar-refractivity contribution >= 4 is 46.6 Å². The Bertz CT molecular complexity index is 1530. The molecule has 2 atom stereocenters. The number of methoxy groups -OCH3 is 1. The molecule has 3 amide bonds. The molecule has 13 heteroatoms. The first-order valence-corrected chi connectivity index (χ1v) is 13.5. The third kappa shape index (κ3) is 7.14. The SMILES string of the molecule is COC(=O)Nc1ccc2c(c1)NC(=O)C(C)CCCC(NC(=O)/C(N)=C/N(N)c1cccc(Cl)c1F)c1ccnc-2c1. The van der Waals surface area contributed by atoms with Crippen LogP contribution < -0.4 is 32.5 Å². The maximum Gasteiger partial charge on any atom is 0.411 e. The van der Waals surface area contributed by atoms with Gasteiger partial charge in [-0.05, 0) is 60.9 Å². The van der Waals surface area contributed by atoms with Gasteiger partial charge >= 0.3 is 6.09 Å². The van der Waals surface area contributed by atoms with Crippen LogP contribution in [0.5, 0.6) is 0 Å². The van der Waals surface area contributed by atoms with Gasteiger partial charge in [0.25, 0.3) is 5.91 Å². The molecule has 0 spiro atoms. The molecular weight excluding hydrogens is 565 g/mol. The van der Waals surface area contributed by atoms with Gasteiger partial charge in [0.2, 0.25) is 5.91 Å². The summed E-state index contributed by atoms with van der Waals surface area (Å²) in [7, 11) is 1.26. The maximum absolute atomic E-state index is 14.4. The highest BCUT2D eigenvalue weighted by Crippen LogP contribution is 2.33. The number of anilines is 3. The standard InChI is InChI=1S/C29H31ClFN7O4/c1-16-5-3-7-22(36-28(40)21(32)15-38(33)25-8-4-6-20(30)26(25)31)17-11-12-34-23(13-17)19-10-9-18(35-29(41)42-2)14-24(19)37-27(16)39/h4,6,8-16,22H,3,5,7,32-33H2,1-2H3,(H,35,41)(H,36,40)(H,37,39)/b21-15-. The second-order valence-corrected chi connectivity index (χ2v) is 10.2. The highest BCUT2D eigenvalue weighted by Gasteiger charge is 2.23. The number of pyridine rings is 1. The molecule has 2 bridgehead atoms. The summed E-state index contributed by atoms with van der Waals surface area (Å²) in [6.45, 7) is 1.81. The Hall–Kier alpha value is -4.68. The van der Waals surface area contributed by atoms with Gasteiger partial charge < -0.3 is 21.1 Å². The van der Waals surface area contributed by atoms with Crippen molar-refractivity contribution in [1.82, 2.24) is 10.3 Å². The molecule has 0 radical (unpaired) electrons. The third-order valence-corrected chi connectivity index (χ3v) is 7.10. The molecule has 2 heterocycles. The Morgan fingerprint density at radius 2 is 2.00 bits per heavy atom.